The molecule has 0 amide bonds. The number of nitrogens with one attached hydrogen (secondary N) is 2. The number of hydrogen-bond acceptors (Lipinski definition) is 4. The summed E-state index contributed by atoms with van der Waals surface area (Å²) in [6.45, 7) is 0. The van der Waals surface area contributed by atoms with Crippen LogP contribution < -0.4 is 15.5 Å². The molecule has 0 aliphatic rings. The first kappa shape index (κ1) is 15.7. The number of rotatable bonds is 4. The number of ether oxygens (including phenoxy) is 1. The largest absolute Gasteiger partial charge is 0.507 e. The molecule has 0 aromatic heterocycles. The fourth-order valence-corrected chi connectivity index (χ4v) is 1.80. The monoisotopic (exact) mass is 319 g/mol. The summed E-state index contributed by atoms with van der Waals surface area (Å²) in [5.41, 5.74) is 3.25. The Hall–Kier alpha value is -2.67. The zero-order valence-electron chi connectivity index (χ0n) is 11.7. The highest BCUT2D eigenvalue weighted by Gasteiger charge is 2.03. The van der Waals surface area contributed by atoms with Crippen molar-refractivity contribution in [3.05, 3.63) is 53.8 Å². The minimum absolute atomic E-state index is 0.0549. The highest BCUT2D eigenvalue weighted by Crippen LogP contribution is 2.20. The van der Waals surface area contributed by atoms with Gasteiger partial charge in [0, 0.05) is 5.56 Å². The zero-order chi connectivity index (χ0) is 15.9. The highest BCUT2D eigenvalue weighted by atomic mass is 32.1. The molecule has 0 heterocycles. The van der Waals surface area contributed by atoms with Gasteiger partial charge in [-0.25, -0.2) is 4.39 Å². The van der Waals surface area contributed by atoms with Crippen LogP contribution in [0.2, 0.25) is 0 Å². The predicted octanol–water partition coefficient (Wildman–Crippen LogP) is 2.86. The molecular weight excluding hydrogens is 305 g/mol. The predicted molar refractivity (Wildman–Crippen MR) is 88.0 cm³/mol. The number of para-hydroxylation sites is 1. The zero-order valence-corrected chi connectivity index (χ0v) is 12.5. The third-order valence-corrected chi connectivity index (χ3v) is 2.92. The van der Waals surface area contributed by atoms with Gasteiger partial charge in [-0.05, 0) is 42.5 Å². The molecule has 0 fully saturated rings. The Kier molecular flexibility index (Phi) is 5.26. The topological polar surface area (TPSA) is 65.9 Å². The Bertz CT molecular complexity index is 707. The van der Waals surface area contributed by atoms with Crippen LogP contribution in [-0.4, -0.2) is 23.5 Å². The van der Waals surface area contributed by atoms with Crippen molar-refractivity contribution in [1.82, 2.24) is 5.43 Å². The van der Waals surface area contributed by atoms with Gasteiger partial charge < -0.3 is 15.2 Å². The van der Waals surface area contributed by atoms with Crippen LogP contribution in [0.25, 0.3) is 0 Å². The number of benzene rings is 2. The molecule has 0 saturated carbocycles. The molecule has 3 N–H and O–H groups in total. The summed E-state index contributed by atoms with van der Waals surface area (Å²) in [7, 11) is 1.53. The van der Waals surface area contributed by atoms with Crippen LogP contribution in [0, 0.1) is 5.82 Å². The summed E-state index contributed by atoms with van der Waals surface area (Å²) >= 11 is 5.00. The Morgan fingerprint density at radius 1 is 1.32 bits per heavy atom. The van der Waals surface area contributed by atoms with Crippen LogP contribution in [0.4, 0.5) is 10.1 Å². The van der Waals surface area contributed by atoms with Crippen LogP contribution in [0.15, 0.2) is 47.6 Å². The average molecular weight is 319 g/mol. The van der Waals surface area contributed by atoms with Gasteiger partial charge in [0.05, 0.1) is 19.0 Å². The SMILES string of the molecule is COc1ccc(O)c(/C=N/NC(=S)Nc2ccccc2F)c1. The summed E-state index contributed by atoms with van der Waals surface area (Å²) < 4.78 is 18.5. The van der Waals surface area contributed by atoms with Crippen LogP contribution in [0.1, 0.15) is 5.56 Å². The smallest absolute Gasteiger partial charge is 0.191 e. The molecular formula is C15H14FN3O2S. The first-order valence-electron chi connectivity index (χ1n) is 6.31. The number of hydrazone groups is 1. The molecule has 2 rings (SSSR count). The van der Waals surface area contributed by atoms with Gasteiger partial charge in [-0.15, -0.1) is 0 Å². The Labute approximate surface area is 132 Å². The molecule has 0 spiro atoms. The van der Waals surface area contributed by atoms with Crippen molar-refractivity contribution in [2.24, 2.45) is 5.10 Å². The maximum absolute atomic E-state index is 13.4. The van der Waals surface area contributed by atoms with E-state index in [4.69, 9.17) is 17.0 Å². The molecule has 0 atom stereocenters. The molecule has 2 aromatic rings. The lowest BCUT2D eigenvalue weighted by Gasteiger charge is -2.07. The van der Waals surface area contributed by atoms with Gasteiger partial charge >= 0.3 is 0 Å². The summed E-state index contributed by atoms with van der Waals surface area (Å²) in [4.78, 5) is 0. The second kappa shape index (κ2) is 7.37. The number of thiocarbonyl (C=S) groups is 1. The van der Waals surface area contributed by atoms with Gasteiger partial charge in [-0.1, -0.05) is 12.1 Å². The van der Waals surface area contributed by atoms with E-state index in [1.54, 1.807) is 30.3 Å². The average Bonchev–Trinajstić information content (AvgIpc) is 2.51. The number of phenols is 1. The number of aromatic hydroxyl groups is 1. The van der Waals surface area contributed by atoms with Gasteiger partial charge in [0.15, 0.2) is 5.11 Å². The molecule has 22 heavy (non-hydrogen) atoms. The first-order valence-corrected chi connectivity index (χ1v) is 6.72. The minimum atomic E-state index is -0.416. The van der Waals surface area contributed by atoms with Crippen molar-refractivity contribution in [3.63, 3.8) is 0 Å². The highest BCUT2D eigenvalue weighted by molar-refractivity contribution is 7.80. The van der Waals surface area contributed by atoms with Crippen molar-refractivity contribution in [1.29, 1.82) is 0 Å². The minimum Gasteiger partial charge on any atom is -0.507 e. The second-order valence-electron chi connectivity index (χ2n) is 4.23. The maximum atomic E-state index is 13.4. The van der Waals surface area contributed by atoms with E-state index in [-0.39, 0.29) is 16.5 Å². The van der Waals surface area contributed by atoms with Crippen LogP contribution >= 0.6 is 12.2 Å². The number of halogens is 1. The lowest BCUT2D eigenvalue weighted by Crippen LogP contribution is -2.24. The maximum Gasteiger partial charge on any atom is 0.191 e. The standard InChI is InChI=1S/C15H14FN3O2S/c1-21-11-6-7-14(20)10(8-11)9-17-19-15(22)18-13-5-3-2-4-12(13)16/h2-9,20H,1H3,(H2,18,19,22)/b17-9+. The van der Waals surface area contributed by atoms with Crippen molar-refractivity contribution >= 4 is 29.2 Å². The van der Waals surface area contributed by atoms with Gasteiger partial charge in [0.1, 0.15) is 17.3 Å². The molecule has 0 aliphatic carbocycles. The molecule has 0 saturated heterocycles. The molecule has 7 heteroatoms. The number of hydrogen-bond donors (Lipinski definition) is 3. The lowest BCUT2D eigenvalue weighted by atomic mass is 10.2. The van der Waals surface area contributed by atoms with E-state index in [2.05, 4.69) is 15.8 Å². The Morgan fingerprint density at radius 2 is 2.09 bits per heavy atom. The molecule has 0 bridgehead atoms. The quantitative estimate of drug-likeness (QED) is 0.459. The third kappa shape index (κ3) is 4.16. The summed E-state index contributed by atoms with van der Waals surface area (Å²) in [5.74, 6) is 0.228. The van der Waals surface area contributed by atoms with Crippen LogP contribution in [0.5, 0.6) is 11.5 Å². The van der Waals surface area contributed by atoms with Gasteiger partial charge in [-0.3, -0.25) is 5.43 Å². The molecule has 2 aromatic carbocycles. The van der Waals surface area contributed by atoms with E-state index in [0.29, 0.717) is 11.3 Å². The van der Waals surface area contributed by atoms with E-state index in [1.807, 2.05) is 0 Å². The molecule has 5 nitrogen and oxygen atoms in total. The summed E-state index contributed by atoms with van der Waals surface area (Å²) in [6.07, 6.45) is 1.38. The second-order valence-corrected chi connectivity index (χ2v) is 4.64. The van der Waals surface area contributed by atoms with Crippen molar-refractivity contribution < 1.29 is 14.2 Å². The number of phenolic OH excluding ortho intramolecular Hbond substituents is 1. The lowest BCUT2D eigenvalue weighted by molar-refractivity contribution is 0.412. The number of methoxy groups -OCH3 is 1. The van der Waals surface area contributed by atoms with Crippen molar-refractivity contribution in [2.75, 3.05) is 12.4 Å². The number of anilines is 1. The van der Waals surface area contributed by atoms with E-state index >= 15 is 0 Å². The van der Waals surface area contributed by atoms with Crippen molar-refractivity contribution in [2.45, 2.75) is 0 Å². The normalized spacial score (nSPS) is 10.5. The van der Waals surface area contributed by atoms with E-state index in [1.165, 1.54) is 25.5 Å². The van der Waals surface area contributed by atoms with Crippen LogP contribution in [-0.2, 0) is 0 Å². The Morgan fingerprint density at radius 3 is 2.82 bits per heavy atom. The molecule has 0 aliphatic heterocycles. The molecule has 114 valence electrons. The van der Waals surface area contributed by atoms with E-state index in [0.717, 1.165) is 0 Å². The third-order valence-electron chi connectivity index (χ3n) is 2.73. The summed E-state index contributed by atoms with van der Waals surface area (Å²) in [6, 6.07) is 10.9. The van der Waals surface area contributed by atoms with Gasteiger partial charge in [0.25, 0.3) is 0 Å². The number of nitrogens with zero attached hydrogens (tertiary/aromatic N) is 1. The first-order chi connectivity index (χ1) is 10.6. The summed E-state index contributed by atoms with van der Waals surface area (Å²) in [5, 5.41) is 16.4. The fraction of sp³-hybridized carbons (Fsp3) is 0.0667. The van der Waals surface area contributed by atoms with E-state index in [9.17, 15) is 9.50 Å². The van der Waals surface area contributed by atoms with Crippen molar-refractivity contribution in [3.8, 4) is 11.5 Å². The Balaban J connectivity index is 1.98. The van der Waals surface area contributed by atoms with Gasteiger partial charge in [0.2, 0.25) is 0 Å². The fourth-order valence-electron chi connectivity index (χ4n) is 1.64. The molecule has 0 unspecified atom stereocenters. The van der Waals surface area contributed by atoms with E-state index < -0.39 is 5.82 Å². The molecule has 0 radical (unpaired) electrons. The van der Waals surface area contributed by atoms with Crippen LogP contribution in [0.3, 0.4) is 0 Å². The van der Waals surface area contributed by atoms with Gasteiger partial charge in [-0.2, -0.15) is 5.10 Å².